The highest BCUT2D eigenvalue weighted by Gasteiger charge is 2.37. The molecule has 1 aliphatic rings. The van der Waals surface area contributed by atoms with E-state index in [0.29, 0.717) is 38.2 Å². The number of aryl methyl sites for hydroxylation is 2. The third-order valence-electron chi connectivity index (χ3n) is 10.5. The number of carbonyl (C=O) groups excluding carboxylic acids is 6. The van der Waals surface area contributed by atoms with Gasteiger partial charge in [0.15, 0.2) is 0 Å². The molecule has 64 heavy (non-hydrogen) atoms. The standard InChI is InChI=1S/C42H66N9O12P/c1-28(2)23-33(47-42(58)36-18-14-21-51(36)30(4)53)39(55)46-34(40(56)48-35(26-52)41(57)49-37(38(43)54)29(3)63-64(59,60)61)24-32-25-44-27-50(32)20-12-5-6-13-22-62-45-19-11-10-17-31-15-8-7-9-16-31/h7-9,15-16,19,25,27-29,33-37,52H,5-6,10-14,17-18,20-24,26H2,1-4H3,(H2,43,54)(H,46,55)(H,47,58)(H,48,56)(H,49,57)(H2,59,60,61)/b45-19+/t29-,33+,34+,35+,36+,37+/m1/s1. The van der Waals surface area contributed by atoms with Crippen molar-refractivity contribution in [1.29, 1.82) is 0 Å². The number of nitrogens with one attached hydrogen (secondary N) is 4. The summed E-state index contributed by atoms with van der Waals surface area (Å²) in [7, 11) is -5.12. The molecule has 3 rings (SSSR count). The minimum atomic E-state index is -5.12. The van der Waals surface area contributed by atoms with Gasteiger partial charge in [0.2, 0.25) is 35.4 Å². The fourth-order valence-electron chi connectivity index (χ4n) is 7.22. The zero-order valence-electron chi connectivity index (χ0n) is 37.1. The number of phosphoric acid groups is 1. The summed E-state index contributed by atoms with van der Waals surface area (Å²) in [5, 5.41) is 24.2. The van der Waals surface area contributed by atoms with E-state index in [2.05, 4.69) is 48.1 Å². The van der Waals surface area contributed by atoms with Crippen molar-refractivity contribution in [2.24, 2.45) is 16.8 Å². The van der Waals surface area contributed by atoms with Gasteiger partial charge in [-0.1, -0.05) is 55.8 Å². The summed E-state index contributed by atoms with van der Waals surface area (Å²) in [6, 6.07) is 3.43. The van der Waals surface area contributed by atoms with E-state index < -0.39 is 80.3 Å². The van der Waals surface area contributed by atoms with Gasteiger partial charge in [0.25, 0.3) is 0 Å². The van der Waals surface area contributed by atoms with Gasteiger partial charge in [0.05, 0.1) is 19.0 Å². The summed E-state index contributed by atoms with van der Waals surface area (Å²) in [6.45, 7) is 6.53. The molecule has 6 atom stereocenters. The molecule has 1 saturated heterocycles. The van der Waals surface area contributed by atoms with Crippen molar-refractivity contribution in [3.05, 3.63) is 54.1 Å². The quantitative estimate of drug-likeness (QED) is 0.0245. The molecule has 6 amide bonds. The molecule has 1 aliphatic heterocycles. The maximum Gasteiger partial charge on any atom is 0.469 e. The number of unbranched alkanes of at least 4 members (excludes halogenated alkanes) is 4. The summed E-state index contributed by atoms with van der Waals surface area (Å²) in [4.78, 5) is 109. The van der Waals surface area contributed by atoms with E-state index in [1.54, 1.807) is 12.5 Å². The van der Waals surface area contributed by atoms with Crippen molar-refractivity contribution in [2.45, 2.75) is 141 Å². The Kier molecular flexibility index (Phi) is 22.6. The molecule has 22 heteroatoms. The molecule has 0 radical (unpaired) electrons. The Balaban J connectivity index is 1.69. The fourth-order valence-corrected chi connectivity index (χ4v) is 7.77. The maximum atomic E-state index is 14.0. The summed E-state index contributed by atoms with van der Waals surface area (Å²) in [5.74, 6) is -4.91. The molecule has 0 bridgehead atoms. The smallest absolute Gasteiger partial charge is 0.396 e. The van der Waals surface area contributed by atoms with Gasteiger partial charge < -0.3 is 56.2 Å². The number of aliphatic hydroxyl groups is 1. The fraction of sp³-hybridized carbons (Fsp3) is 0.619. The Morgan fingerprint density at radius 3 is 2.27 bits per heavy atom. The highest BCUT2D eigenvalue weighted by Crippen LogP contribution is 2.38. The topological polar surface area (TPSA) is 306 Å². The van der Waals surface area contributed by atoms with Gasteiger partial charge in [0.1, 0.15) is 36.8 Å². The van der Waals surface area contributed by atoms with Crippen LogP contribution in [0, 0.1) is 5.92 Å². The Morgan fingerprint density at radius 2 is 1.61 bits per heavy atom. The van der Waals surface area contributed by atoms with E-state index >= 15 is 0 Å². The number of oxime groups is 1. The highest BCUT2D eigenvalue weighted by atomic mass is 31.2. The van der Waals surface area contributed by atoms with Crippen molar-refractivity contribution in [2.75, 3.05) is 19.8 Å². The van der Waals surface area contributed by atoms with Gasteiger partial charge in [0, 0.05) is 44.5 Å². The van der Waals surface area contributed by atoms with Gasteiger partial charge in [-0.3, -0.25) is 33.3 Å². The third kappa shape index (κ3) is 18.9. The van der Waals surface area contributed by atoms with E-state index in [9.17, 15) is 48.2 Å². The van der Waals surface area contributed by atoms with Gasteiger partial charge in [-0.15, -0.1) is 0 Å². The lowest BCUT2D eigenvalue weighted by molar-refractivity contribution is -0.139. The van der Waals surface area contributed by atoms with E-state index in [1.807, 2.05) is 36.6 Å². The number of primary amides is 1. The molecule has 0 aliphatic carbocycles. The minimum Gasteiger partial charge on any atom is -0.396 e. The van der Waals surface area contributed by atoms with Crippen molar-refractivity contribution < 1.29 is 57.6 Å². The van der Waals surface area contributed by atoms with Crippen LogP contribution in [0.5, 0.6) is 0 Å². The number of hydrogen-bond donors (Lipinski definition) is 8. The van der Waals surface area contributed by atoms with Crippen LogP contribution in [0.3, 0.4) is 0 Å². The molecule has 9 N–H and O–H groups in total. The van der Waals surface area contributed by atoms with Crippen molar-refractivity contribution in [3.8, 4) is 0 Å². The first kappa shape index (κ1) is 53.1. The number of carbonyl (C=O) groups is 6. The molecular formula is C42H66N9O12P. The molecule has 1 aromatic carbocycles. The Hall–Kier alpha value is -5.21. The molecule has 0 unspecified atom stereocenters. The monoisotopic (exact) mass is 919 g/mol. The van der Waals surface area contributed by atoms with Crippen LogP contribution in [0.1, 0.15) is 96.7 Å². The van der Waals surface area contributed by atoms with Gasteiger partial charge in [-0.25, -0.2) is 9.55 Å². The second-order valence-electron chi connectivity index (χ2n) is 16.3. The predicted octanol–water partition coefficient (Wildman–Crippen LogP) is 0.983. The first-order valence-electron chi connectivity index (χ1n) is 21.7. The Labute approximate surface area is 373 Å². The summed E-state index contributed by atoms with van der Waals surface area (Å²) < 4.78 is 17.7. The number of nitrogens with zero attached hydrogens (tertiary/aromatic N) is 4. The van der Waals surface area contributed by atoms with Crippen LogP contribution in [0.25, 0.3) is 0 Å². The maximum absolute atomic E-state index is 14.0. The molecule has 21 nitrogen and oxygen atoms in total. The number of amides is 6. The lowest BCUT2D eigenvalue weighted by Gasteiger charge is -2.28. The van der Waals surface area contributed by atoms with Crippen molar-refractivity contribution in [3.63, 3.8) is 0 Å². The van der Waals surface area contributed by atoms with Crippen LogP contribution in [-0.2, 0) is 62.1 Å². The SMILES string of the molecule is CC(=O)N1CCC[C@H]1C(=O)N[C@@H](CC(C)C)C(=O)N[C@@H](Cc1cncn1CCCCCCO/N=C/CCCc1ccccc1)C(=O)N[C@@H](CO)C(=O)N[C@H](C(N)=O)[C@@H](C)OP(=O)(O)O. The largest absolute Gasteiger partial charge is 0.469 e. The number of rotatable bonds is 29. The van der Waals surface area contributed by atoms with Gasteiger partial charge in [-0.2, -0.15) is 0 Å². The second kappa shape index (κ2) is 27.2. The number of hydrogen-bond acceptors (Lipinski definition) is 12. The third-order valence-corrected chi connectivity index (χ3v) is 11.1. The van der Waals surface area contributed by atoms with E-state index in [4.69, 9.17) is 10.6 Å². The molecule has 0 saturated carbocycles. The highest BCUT2D eigenvalue weighted by molar-refractivity contribution is 7.46. The molecule has 1 aromatic heterocycles. The zero-order valence-corrected chi connectivity index (χ0v) is 38.0. The predicted molar refractivity (Wildman–Crippen MR) is 235 cm³/mol. The Morgan fingerprint density at radius 1 is 0.938 bits per heavy atom. The molecule has 2 aromatic rings. The zero-order chi connectivity index (χ0) is 47.2. The second-order valence-corrected chi connectivity index (χ2v) is 17.4. The van der Waals surface area contributed by atoms with Crippen molar-refractivity contribution in [1.82, 2.24) is 35.7 Å². The average Bonchev–Trinajstić information content (AvgIpc) is 3.91. The number of likely N-dealkylation sites (tertiary alicyclic amines) is 1. The van der Waals surface area contributed by atoms with E-state index in [1.165, 1.54) is 23.6 Å². The first-order valence-corrected chi connectivity index (χ1v) is 23.2. The number of benzene rings is 1. The average molecular weight is 920 g/mol. The summed E-state index contributed by atoms with van der Waals surface area (Å²) >= 11 is 0. The molecular weight excluding hydrogens is 853 g/mol. The number of nitrogens with two attached hydrogens (primary N) is 1. The first-order chi connectivity index (χ1) is 30.4. The van der Waals surface area contributed by atoms with Crippen LogP contribution in [0.2, 0.25) is 0 Å². The van der Waals surface area contributed by atoms with Crippen LogP contribution < -0.4 is 27.0 Å². The number of aromatic nitrogens is 2. The minimum absolute atomic E-state index is 0.0932. The lowest BCUT2D eigenvalue weighted by Crippen LogP contribution is -2.61. The molecule has 2 heterocycles. The van der Waals surface area contributed by atoms with E-state index in [0.717, 1.165) is 51.9 Å². The molecule has 1 fully saturated rings. The summed E-state index contributed by atoms with van der Waals surface area (Å²) in [5.41, 5.74) is 7.18. The number of aliphatic hydroxyl groups excluding tert-OH is 1. The van der Waals surface area contributed by atoms with Crippen LogP contribution in [0.15, 0.2) is 48.0 Å². The van der Waals surface area contributed by atoms with Crippen LogP contribution >= 0.6 is 7.82 Å². The number of imidazole rings is 1. The Bertz CT molecular complexity index is 1890. The van der Waals surface area contributed by atoms with Crippen LogP contribution in [0.4, 0.5) is 0 Å². The van der Waals surface area contributed by atoms with Crippen molar-refractivity contribution >= 4 is 49.5 Å². The van der Waals surface area contributed by atoms with E-state index in [-0.39, 0.29) is 24.7 Å². The number of phosphoric ester groups is 1. The van der Waals surface area contributed by atoms with Gasteiger partial charge >= 0.3 is 7.82 Å². The normalized spacial score (nSPS) is 16.4. The van der Waals surface area contributed by atoms with Gasteiger partial charge in [-0.05, 0) is 76.2 Å². The summed E-state index contributed by atoms with van der Waals surface area (Å²) in [6.07, 6.45) is 10.4. The molecule has 0 spiro atoms. The molecule has 356 valence electrons. The van der Waals surface area contributed by atoms with Crippen LogP contribution in [-0.4, -0.2) is 127 Å². The lowest BCUT2D eigenvalue weighted by atomic mass is 10.0.